The Hall–Kier alpha value is -1.71. The second-order valence-corrected chi connectivity index (χ2v) is 6.03. The number of nitrogens with one attached hydrogen (secondary N) is 1. The average molecular weight is 291 g/mol. The van der Waals surface area contributed by atoms with Crippen molar-refractivity contribution in [3.63, 3.8) is 0 Å². The predicted molar refractivity (Wildman–Crippen MR) is 82.5 cm³/mol. The van der Waals surface area contributed by atoms with Gasteiger partial charge in [-0.3, -0.25) is 4.79 Å². The number of ether oxygens (including phenoxy) is 1. The molecule has 1 saturated carbocycles. The van der Waals surface area contributed by atoms with Crippen molar-refractivity contribution in [3.8, 4) is 11.5 Å². The first-order chi connectivity index (χ1) is 10.1. The van der Waals surface area contributed by atoms with E-state index < -0.39 is 0 Å². The lowest BCUT2D eigenvalue weighted by Gasteiger charge is -2.26. The fourth-order valence-corrected chi connectivity index (χ4v) is 2.84. The van der Waals surface area contributed by atoms with E-state index >= 15 is 0 Å². The van der Waals surface area contributed by atoms with Crippen molar-refractivity contribution in [2.45, 2.75) is 51.5 Å². The Kier molecular flexibility index (Phi) is 5.48. The van der Waals surface area contributed by atoms with Gasteiger partial charge in [0.05, 0.1) is 7.11 Å². The number of phenolic OH excluding ortho intramolecular Hbond substituents is 1. The van der Waals surface area contributed by atoms with Crippen LogP contribution in [0.3, 0.4) is 0 Å². The smallest absolute Gasteiger partial charge is 0.220 e. The van der Waals surface area contributed by atoms with Crippen LogP contribution in [0.5, 0.6) is 11.5 Å². The number of rotatable bonds is 5. The molecule has 0 aliphatic heterocycles. The van der Waals surface area contributed by atoms with Crippen LogP contribution in [-0.4, -0.2) is 24.2 Å². The maximum absolute atomic E-state index is 12.0. The highest BCUT2D eigenvalue weighted by atomic mass is 16.5. The minimum absolute atomic E-state index is 0.113. The molecule has 1 fully saturated rings. The topological polar surface area (TPSA) is 58.6 Å². The number of hydrogen-bond donors (Lipinski definition) is 2. The van der Waals surface area contributed by atoms with E-state index in [9.17, 15) is 9.90 Å². The number of amides is 1. The summed E-state index contributed by atoms with van der Waals surface area (Å²) in [7, 11) is 1.52. The zero-order valence-electron chi connectivity index (χ0n) is 12.9. The first kappa shape index (κ1) is 15.7. The van der Waals surface area contributed by atoms with Crippen LogP contribution in [0.15, 0.2) is 18.2 Å². The van der Waals surface area contributed by atoms with Crippen LogP contribution >= 0.6 is 0 Å². The van der Waals surface area contributed by atoms with Gasteiger partial charge in [0.1, 0.15) is 0 Å². The molecule has 0 spiro atoms. The number of carbonyl (C=O) groups is 1. The van der Waals surface area contributed by atoms with Crippen LogP contribution in [0.1, 0.15) is 44.6 Å². The minimum Gasteiger partial charge on any atom is -0.504 e. The van der Waals surface area contributed by atoms with E-state index in [4.69, 9.17) is 4.74 Å². The third kappa shape index (κ3) is 4.66. The number of phenols is 1. The van der Waals surface area contributed by atoms with E-state index in [0.717, 1.165) is 24.3 Å². The predicted octanol–water partition coefficient (Wildman–Crippen LogP) is 3.03. The van der Waals surface area contributed by atoms with Gasteiger partial charge >= 0.3 is 0 Å². The molecule has 0 heterocycles. The van der Waals surface area contributed by atoms with Gasteiger partial charge in [0, 0.05) is 12.5 Å². The summed E-state index contributed by atoms with van der Waals surface area (Å²) in [6.45, 7) is 2.27. The molecule has 0 unspecified atom stereocenters. The highest BCUT2D eigenvalue weighted by molar-refractivity contribution is 5.76. The Bertz CT molecular complexity index is 479. The van der Waals surface area contributed by atoms with Gasteiger partial charge in [0.2, 0.25) is 5.91 Å². The van der Waals surface area contributed by atoms with Gasteiger partial charge in [0.25, 0.3) is 0 Å². The number of aryl methyl sites for hydroxylation is 1. The van der Waals surface area contributed by atoms with Gasteiger partial charge < -0.3 is 15.2 Å². The highest BCUT2D eigenvalue weighted by Gasteiger charge is 2.19. The fraction of sp³-hybridized carbons (Fsp3) is 0.588. The van der Waals surface area contributed by atoms with Crippen LogP contribution in [-0.2, 0) is 11.2 Å². The number of benzene rings is 1. The van der Waals surface area contributed by atoms with E-state index in [0.29, 0.717) is 24.6 Å². The van der Waals surface area contributed by atoms with E-state index in [1.54, 1.807) is 12.1 Å². The second-order valence-electron chi connectivity index (χ2n) is 6.03. The largest absolute Gasteiger partial charge is 0.504 e. The Balaban J connectivity index is 1.78. The summed E-state index contributed by atoms with van der Waals surface area (Å²) in [6.07, 6.45) is 5.74. The Labute approximate surface area is 126 Å². The first-order valence-corrected chi connectivity index (χ1v) is 7.73. The van der Waals surface area contributed by atoms with Crippen LogP contribution in [0.25, 0.3) is 0 Å². The molecule has 1 aromatic rings. The van der Waals surface area contributed by atoms with Gasteiger partial charge in [-0.1, -0.05) is 13.0 Å². The molecule has 2 rings (SSSR count). The molecule has 116 valence electrons. The summed E-state index contributed by atoms with van der Waals surface area (Å²) < 4.78 is 5.07. The van der Waals surface area contributed by atoms with Crippen molar-refractivity contribution in [2.24, 2.45) is 5.92 Å². The van der Waals surface area contributed by atoms with Gasteiger partial charge in [-0.05, 0) is 55.7 Å². The Morgan fingerprint density at radius 3 is 2.71 bits per heavy atom. The van der Waals surface area contributed by atoms with E-state index in [2.05, 4.69) is 12.2 Å². The zero-order valence-corrected chi connectivity index (χ0v) is 12.9. The van der Waals surface area contributed by atoms with Crippen LogP contribution < -0.4 is 10.1 Å². The lowest BCUT2D eigenvalue weighted by atomic mass is 9.87. The summed E-state index contributed by atoms with van der Waals surface area (Å²) in [5.41, 5.74) is 0.997. The molecular weight excluding hydrogens is 266 g/mol. The van der Waals surface area contributed by atoms with Crippen LogP contribution in [0, 0.1) is 5.92 Å². The number of hydrogen-bond acceptors (Lipinski definition) is 3. The van der Waals surface area contributed by atoms with E-state index in [-0.39, 0.29) is 11.7 Å². The van der Waals surface area contributed by atoms with Gasteiger partial charge in [0.15, 0.2) is 11.5 Å². The van der Waals surface area contributed by atoms with Crippen molar-refractivity contribution in [1.82, 2.24) is 5.32 Å². The standard InChI is InChI=1S/C17H25NO3/c1-12-3-7-14(8-4-12)18-17(20)10-6-13-5-9-15(19)16(11-13)21-2/h5,9,11-12,14,19H,3-4,6-8,10H2,1-2H3,(H,18,20)/t12-,14-. The van der Waals surface area contributed by atoms with E-state index in [1.807, 2.05) is 6.07 Å². The van der Waals surface area contributed by atoms with E-state index in [1.165, 1.54) is 20.0 Å². The molecule has 1 amide bonds. The fourth-order valence-electron chi connectivity index (χ4n) is 2.84. The Morgan fingerprint density at radius 2 is 2.05 bits per heavy atom. The summed E-state index contributed by atoms with van der Waals surface area (Å²) in [5.74, 6) is 1.49. The number of carbonyl (C=O) groups excluding carboxylic acids is 1. The molecule has 1 aliphatic rings. The summed E-state index contributed by atoms with van der Waals surface area (Å²) in [5, 5.41) is 12.7. The second kappa shape index (κ2) is 7.34. The highest BCUT2D eigenvalue weighted by Crippen LogP contribution is 2.27. The Morgan fingerprint density at radius 1 is 1.33 bits per heavy atom. The summed E-state index contributed by atoms with van der Waals surface area (Å²) in [6, 6.07) is 5.57. The molecule has 1 aromatic carbocycles. The molecular formula is C17H25NO3. The van der Waals surface area contributed by atoms with Gasteiger partial charge in [-0.2, -0.15) is 0 Å². The SMILES string of the molecule is COc1cc(CCC(=O)N[C@H]2CC[C@H](C)CC2)ccc1O. The monoisotopic (exact) mass is 291 g/mol. The third-order valence-electron chi connectivity index (χ3n) is 4.27. The van der Waals surface area contributed by atoms with Gasteiger partial charge in [-0.15, -0.1) is 0 Å². The van der Waals surface area contributed by atoms with Crippen LogP contribution in [0.4, 0.5) is 0 Å². The first-order valence-electron chi connectivity index (χ1n) is 7.73. The molecule has 1 aliphatic carbocycles. The zero-order chi connectivity index (χ0) is 15.2. The molecule has 0 bridgehead atoms. The van der Waals surface area contributed by atoms with Crippen molar-refractivity contribution in [1.29, 1.82) is 0 Å². The van der Waals surface area contributed by atoms with Crippen molar-refractivity contribution in [2.75, 3.05) is 7.11 Å². The lowest BCUT2D eigenvalue weighted by molar-refractivity contribution is -0.122. The molecule has 0 radical (unpaired) electrons. The van der Waals surface area contributed by atoms with Crippen LogP contribution in [0.2, 0.25) is 0 Å². The minimum atomic E-state index is 0.113. The quantitative estimate of drug-likeness (QED) is 0.876. The maximum atomic E-state index is 12.0. The van der Waals surface area contributed by atoms with Crippen molar-refractivity contribution < 1.29 is 14.6 Å². The van der Waals surface area contributed by atoms with Gasteiger partial charge in [-0.25, -0.2) is 0 Å². The summed E-state index contributed by atoms with van der Waals surface area (Å²) in [4.78, 5) is 12.0. The number of aromatic hydroxyl groups is 1. The summed E-state index contributed by atoms with van der Waals surface area (Å²) >= 11 is 0. The third-order valence-corrected chi connectivity index (χ3v) is 4.27. The average Bonchev–Trinajstić information content (AvgIpc) is 2.49. The molecule has 0 saturated heterocycles. The molecule has 4 heteroatoms. The molecule has 21 heavy (non-hydrogen) atoms. The molecule has 4 nitrogen and oxygen atoms in total. The number of methoxy groups -OCH3 is 1. The molecule has 0 atom stereocenters. The molecule has 2 N–H and O–H groups in total. The lowest BCUT2D eigenvalue weighted by Crippen LogP contribution is -2.37. The normalized spacial score (nSPS) is 21.8. The molecule has 0 aromatic heterocycles. The van der Waals surface area contributed by atoms with Crippen molar-refractivity contribution >= 4 is 5.91 Å². The maximum Gasteiger partial charge on any atom is 0.220 e. The van der Waals surface area contributed by atoms with Crippen molar-refractivity contribution in [3.05, 3.63) is 23.8 Å².